The summed E-state index contributed by atoms with van der Waals surface area (Å²) in [5.74, 6) is -3.00. The monoisotopic (exact) mass is 886 g/mol. The van der Waals surface area contributed by atoms with Gasteiger partial charge in [-0.05, 0) is 72.8 Å². The minimum absolute atomic E-state index is 0. The van der Waals surface area contributed by atoms with Crippen LogP contribution in [0.5, 0.6) is 0 Å². The fourth-order valence-electron chi connectivity index (χ4n) is 5.13. The maximum atomic E-state index is 14.9. The Kier molecular flexibility index (Phi) is 19.8. The zero-order chi connectivity index (χ0) is 42.2. The average molecular weight is 887 g/mol. The summed E-state index contributed by atoms with van der Waals surface area (Å²) in [7, 11) is -9.89. The zero-order valence-corrected chi connectivity index (χ0v) is 32.2. The summed E-state index contributed by atoms with van der Waals surface area (Å²) in [5, 5.41) is 7.32. The van der Waals surface area contributed by atoms with Gasteiger partial charge in [-0.25, -0.2) is 54.8 Å². The van der Waals surface area contributed by atoms with Gasteiger partial charge in [0.05, 0.1) is 57.4 Å². The summed E-state index contributed by atoms with van der Waals surface area (Å²) in [6, 6.07) is 29.2. The second-order valence-electron chi connectivity index (χ2n) is 11.0. The summed E-state index contributed by atoms with van der Waals surface area (Å²) < 4.78 is 127. The molecule has 303 valence electrons. The predicted molar refractivity (Wildman–Crippen MR) is 170 cm³/mol. The van der Waals surface area contributed by atoms with E-state index in [0.29, 0.717) is 24.5 Å². The number of aromatic nitrogens is 4. The van der Waals surface area contributed by atoms with Crippen molar-refractivity contribution in [3.05, 3.63) is 168 Å². The third-order valence-electron chi connectivity index (χ3n) is 7.09. The van der Waals surface area contributed by atoms with E-state index < -0.39 is 49.8 Å². The molecule has 4 heterocycles. The number of hydrogen-bond acceptors (Lipinski definition) is 14. The Bertz CT molecular complexity index is 2020. The Labute approximate surface area is 343 Å². The number of halogens is 6. The van der Waals surface area contributed by atoms with Gasteiger partial charge in [-0.15, -0.1) is 20.5 Å². The Morgan fingerprint density at radius 3 is 1.16 bits per heavy atom. The van der Waals surface area contributed by atoms with Gasteiger partial charge in [0.2, 0.25) is 0 Å². The Morgan fingerprint density at radius 1 is 0.552 bits per heavy atom. The molecule has 21 heteroatoms. The molecule has 0 atom stereocenters. The fraction of sp³-hybridized carbons (Fsp3) is 0.108. The maximum absolute atomic E-state index is 14.9. The van der Waals surface area contributed by atoms with E-state index in [4.69, 9.17) is 52.5 Å². The van der Waals surface area contributed by atoms with Gasteiger partial charge >= 0.3 is 17.1 Å². The molecule has 0 saturated heterocycles. The van der Waals surface area contributed by atoms with Crippen molar-refractivity contribution in [3.63, 3.8) is 0 Å². The molecule has 2 aromatic carbocycles. The molecule has 0 unspecified atom stereocenters. The minimum Gasteiger partial charge on any atom is -0.278 e. The molecule has 0 bridgehead atoms. The number of rotatable bonds is 9. The van der Waals surface area contributed by atoms with Crippen LogP contribution in [0.1, 0.15) is 35.7 Å². The topological polar surface area (TPSA) is 263 Å². The summed E-state index contributed by atoms with van der Waals surface area (Å²) >= 11 is 0. The van der Waals surface area contributed by atoms with Crippen molar-refractivity contribution >= 4 is 0 Å². The first-order valence-corrected chi connectivity index (χ1v) is 18.3. The van der Waals surface area contributed by atoms with E-state index >= 15 is 0 Å². The molecule has 1 radical (unpaired) electrons. The smallest absolute Gasteiger partial charge is 0.278 e. The van der Waals surface area contributed by atoms with Crippen molar-refractivity contribution in [1.82, 2.24) is 24.8 Å². The van der Waals surface area contributed by atoms with Crippen LogP contribution in [0.15, 0.2) is 122 Å². The Balaban J connectivity index is 0.000000725. The van der Waals surface area contributed by atoms with Crippen LogP contribution in [0.25, 0.3) is 22.5 Å². The fourth-order valence-corrected chi connectivity index (χ4v) is 5.13. The van der Waals surface area contributed by atoms with Crippen molar-refractivity contribution in [2.24, 2.45) is 0 Å². The first-order chi connectivity index (χ1) is 26.9. The van der Waals surface area contributed by atoms with Crippen molar-refractivity contribution in [1.29, 1.82) is 5.26 Å². The predicted octanol–water partition coefficient (Wildman–Crippen LogP) is -1.04. The molecule has 0 spiro atoms. The Hall–Kier alpha value is -5.01. The molecule has 6 aromatic rings. The van der Waals surface area contributed by atoms with E-state index in [1.54, 1.807) is 42.7 Å². The summed E-state index contributed by atoms with van der Waals surface area (Å²) in [6.45, 7) is 2.05. The molecule has 0 aliphatic rings. The van der Waals surface area contributed by atoms with Crippen molar-refractivity contribution in [3.8, 4) is 28.6 Å². The third-order valence-corrected chi connectivity index (χ3v) is 7.09. The van der Waals surface area contributed by atoms with E-state index in [9.17, 15) is 17.6 Å². The first kappa shape index (κ1) is 49.1. The Morgan fingerprint density at radius 2 is 0.862 bits per heavy atom. The molecular formula is C37H28Cl2F4FeN6O8+. The minimum atomic E-state index is -4.94. The average Bonchev–Trinajstić information content (AvgIpc) is 3.12. The molecule has 14 nitrogen and oxygen atoms in total. The van der Waals surface area contributed by atoms with Gasteiger partial charge in [0.25, 0.3) is 0 Å². The second-order valence-corrected chi connectivity index (χ2v) is 12.5. The third kappa shape index (κ3) is 16.8. The number of nitriles is 1. The van der Waals surface area contributed by atoms with Gasteiger partial charge in [0.1, 0.15) is 23.3 Å². The van der Waals surface area contributed by atoms with Gasteiger partial charge in [-0.2, -0.15) is 5.26 Å². The number of benzene rings is 2. The largest absolute Gasteiger partial charge is 3.00 e. The molecule has 0 N–H and O–H groups in total. The SMILES string of the molecule is CC#N.Fc1cccc(F)c1-c1cccc(C(c2cccc(-c3c(F)cccc3F)n2)N(Cc2ccccn2)Cc2ccccn2)n1.[Fe+3].[O-][Cl+3]([O-])([O-])[O-].[O-][Cl+3]([O-])([O-])[O-]. The zero-order valence-electron chi connectivity index (χ0n) is 29.6. The second kappa shape index (κ2) is 23.4. The van der Waals surface area contributed by atoms with E-state index in [-0.39, 0.29) is 39.6 Å². The standard InChI is InChI=1S/C35H25F4N5.C2H3N.2ClHO4.Fe/c36-25-11-5-12-26(37)33(25)29-15-7-17-31(42-29)35(32-18-8-16-30(43-32)34-27(38)13-6-14-28(34)39)44(21-23-9-1-3-19-40-23)22-24-10-2-4-20-41-24;1-2-3;2*2-1(3,4)5;/h1-20,35H,21-22H2;1H3;2*(H,2,3,4,5);/q;;;;+3/p-2. The molecule has 0 saturated carbocycles. The maximum Gasteiger partial charge on any atom is 3.00 e. The molecule has 0 aliphatic heterocycles. The van der Waals surface area contributed by atoms with Crippen molar-refractivity contribution in [2.75, 3.05) is 0 Å². The van der Waals surface area contributed by atoms with Crippen LogP contribution in [0.3, 0.4) is 0 Å². The van der Waals surface area contributed by atoms with Crippen LogP contribution in [0, 0.1) is 55.1 Å². The molecule has 0 amide bonds. The van der Waals surface area contributed by atoms with Crippen LogP contribution in [0.2, 0.25) is 0 Å². The quantitative estimate of drug-likeness (QED) is 0.124. The van der Waals surface area contributed by atoms with Gasteiger partial charge in [-0.1, -0.05) is 36.4 Å². The molecule has 0 fully saturated rings. The summed E-state index contributed by atoms with van der Waals surface area (Å²) in [6.07, 6.45) is 3.37. The van der Waals surface area contributed by atoms with Gasteiger partial charge in [0.15, 0.2) is 0 Å². The summed E-state index contributed by atoms with van der Waals surface area (Å²) in [5.41, 5.74) is 1.96. The van der Waals surface area contributed by atoms with E-state index in [2.05, 4.69) is 9.97 Å². The number of hydrogen-bond donors (Lipinski definition) is 0. The van der Waals surface area contributed by atoms with E-state index in [0.717, 1.165) is 11.4 Å². The number of nitrogens with zero attached hydrogens (tertiary/aromatic N) is 6. The molecule has 6 rings (SSSR count). The van der Waals surface area contributed by atoms with E-state index in [1.807, 2.05) is 41.3 Å². The van der Waals surface area contributed by atoms with Crippen LogP contribution >= 0.6 is 0 Å². The first-order valence-electron chi connectivity index (χ1n) is 15.8. The van der Waals surface area contributed by atoms with Gasteiger partial charge < -0.3 is 0 Å². The summed E-state index contributed by atoms with van der Waals surface area (Å²) in [4.78, 5) is 20.5. The van der Waals surface area contributed by atoms with Crippen molar-refractivity contribution in [2.45, 2.75) is 26.1 Å². The normalized spacial score (nSPS) is 10.8. The molecule has 58 heavy (non-hydrogen) atoms. The van der Waals surface area contributed by atoms with Crippen LogP contribution in [-0.2, 0) is 30.2 Å². The van der Waals surface area contributed by atoms with Crippen molar-refractivity contribution < 1.29 is 92.4 Å². The molecular weight excluding hydrogens is 859 g/mol. The molecule has 0 aliphatic carbocycles. The van der Waals surface area contributed by atoms with Crippen LogP contribution < -0.4 is 37.3 Å². The van der Waals surface area contributed by atoms with Crippen LogP contribution in [0.4, 0.5) is 17.6 Å². The van der Waals surface area contributed by atoms with E-state index in [1.165, 1.54) is 55.5 Å². The number of pyridine rings is 4. The van der Waals surface area contributed by atoms with Gasteiger partial charge in [-0.3, -0.25) is 24.8 Å². The van der Waals surface area contributed by atoms with Gasteiger partial charge in [0, 0.05) is 32.4 Å². The molecule has 4 aromatic heterocycles. The van der Waals surface area contributed by atoms with Crippen LogP contribution in [-0.4, -0.2) is 24.8 Å².